The predicted molar refractivity (Wildman–Crippen MR) is 62.5 cm³/mol. The normalized spacial score (nSPS) is 10.1. The molecule has 88 valence electrons. The molecule has 0 saturated carbocycles. The van der Waals surface area contributed by atoms with Crippen LogP contribution in [-0.2, 0) is 0 Å². The molecular weight excluding hydrogens is 228 g/mol. The molecule has 1 aromatic heterocycles. The summed E-state index contributed by atoms with van der Waals surface area (Å²) in [6, 6.07) is 1.59. The Labute approximate surface area is 99.6 Å². The van der Waals surface area contributed by atoms with Gasteiger partial charge in [0.1, 0.15) is 0 Å². The quantitative estimate of drug-likeness (QED) is 0.746. The van der Waals surface area contributed by atoms with Crippen molar-refractivity contribution in [1.82, 2.24) is 10.3 Å². The lowest BCUT2D eigenvalue weighted by Crippen LogP contribution is -2.24. The number of hydrogen-bond donors (Lipinski definition) is 2. The van der Waals surface area contributed by atoms with Crippen LogP contribution in [0, 0.1) is 0 Å². The number of nitrogens with one attached hydrogen (secondary N) is 1. The third-order valence-corrected chi connectivity index (χ3v) is 2.46. The molecule has 1 heterocycles. The number of carbonyl (C=O) groups is 1. The Morgan fingerprint density at radius 3 is 2.94 bits per heavy atom. The molecule has 0 bridgehead atoms. The maximum Gasteiger partial charge on any atom is 0.254 e. The molecule has 0 atom stereocenters. The van der Waals surface area contributed by atoms with Gasteiger partial charge in [0.2, 0.25) is 0 Å². The molecule has 0 saturated heterocycles. The lowest BCUT2D eigenvalue weighted by Gasteiger charge is -2.05. The lowest BCUT2D eigenvalue weighted by atomic mass is 10.2. The Morgan fingerprint density at radius 1 is 1.44 bits per heavy atom. The van der Waals surface area contributed by atoms with Crippen LogP contribution < -0.4 is 5.32 Å². The third-order valence-electron chi connectivity index (χ3n) is 2.13. The fourth-order valence-electron chi connectivity index (χ4n) is 1.26. The standard InChI is InChI=1S/C11H15ClN2O2/c12-10-4-6-13-8-9(10)11(16)14-5-2-1-3-7-15/h4,6,8,15H,1-3,5,7H2,(H,14,16). The second kappa shape index (κ2) is 7.19. The van der Waals surface area contributed by atoms with Crippen molar-refractivity contribution in [1.29, 1.82) is 0 Å². The average Bonchev–Trinajstić information content (AvgIpc) is 2.29. The molecule has 0 aliphatic heterocycles. The van der Waals surface area contributed by atoms with E-state index in [0.717, 1.165) is 19.3 Å². The number of carbonyl (C=O) groups excluding carboxylic acids is 1. The molecule has 0 aliphatic rings. The van der Waals surface area contributed by atoms with Crippen molar-refractivity contribution in [2.45, 2.75) is 19.3 Å². The van der Waals surface area contributed by atoms with E-state index in [1.54, 1.807) is 12.3 Å². The van der Waals surface area contributed by atoms with Gasteiger partial charge in [-0.3, -0.25) is 9.78 Å². The molecule has 1 amide bonds. The van der Waals surface area contributed by atoms with Crippen LogP contribution in [0.15, 0.2) is 18.5 Å². The first-order chi connectivity index (χ1) is 7.75. The first-order valence-corrected chi connectivity index (χ1v) is 5.62. The molecule has 4 nitrogen and oxygen atoms in total. The van der Waals surface area contributed by atoms with E-state index in [1.165, 1.54) is 6.20 Å². The lowest BCUT2D eigenvalue weighted by molar-refractivity contribution is 0.0952. The molecule has 16 heavy (non-hydrogen) atoms. The van der Waals surface area contributed by atoms with Gasteiger partial charge in [-0.2, -0.15) is 0 Å². The monoisotopic (exact) mass is 242 g/mol. The summed E-state index contributed by atoms with van der Waals surface area (Å²) in [6.45, 7) is 0.784. The summed E-state index contributed by atoms with van der Waals surface area (Å²) in [4.78, 5) is 15.5. The summed E-state index contributed by atoms with van der Waals surface area (Å²) in [5.41, 5.74) is 0.395. The van der Waals surface area contributed by atoms with Crippen LogP contribution in [0.3, 0.4) is 0 Å². The molecule has 2 N–H and O–H groups in total. The fraction of sp³-hybridized carbons (Fsp3) is 0.455. The van der Waals surface area contributed by atoms with Crippen LogP contribution in [0.5, 0.6) is 0 Å². The van der Waals surface area contributed by atoms with Gasteiger partial charge in [-0.05, 0) is 25.3 Å². The number of hydrogen-bond acceptors (Lipinski definition) is 3. The van der Waals surface area contributed by atoms with Crippen molar-refractivity contribution in [2.75, 3.05) is 13.2 Å². The maximum atomic E-state index is 11.6. The third kappa shape index (κ3) is 4.16. The van der Waals surface area contributed by atoms with Crippen molar-refractivity contribution >= 4 is 17.5 Å². The Kier molecular flexibility index (Phi) is 5.82. The van der Waals surface area contributed by atoms with Gasteiger partial charge < -0.3 is 10.4 Å². The van der Waals surface area contributed by atoms with Gasteiger partial charge >= 0.3 is 0 Å². The van der Waals surface area contributed by atoms with E-state index in [4.69, 9.17) is 16.7 Å². The molecule has 1 rings (SSSR count). The first-order valence-electron chi connectivity index (χ1n) is 5.24. The van der Waals surface area contributed by atoms with E-state index >= 15 is 0 Å². The Balaban J connectivity index is 2.33. The van der Waals surface area contributed by atoms with Crippen LogP contribution in [0.2, 0.25) is 5.02 Å². The minimum Gasteiger partial charge on any atom is -0.396 e. The number of amides is 1. The SMILES string of the molecule is O=C(NCCCCCO)c1cnccc1Cl. The van der Waals surface area contributed by atoms with Gasteiger partial charge in [0, 0.05) is 25.5 Å². The topological polar surface area (TPSA) is 62.2 Å². The number of rotatable bonds is 6. The Morgan fingerprint density at radius 2 is 2.25 bits per heavy atom. The highest BCUT2D eigenvalue weighted by Crippen LogP contribution is 2.12. The van der Waals surface area contributed by atoms with E-state index in [-0.39, 0.29) is 12.5 Å². The van der Waals surface area contributed by atoms with Crippen LogP contribution in [0.4, 0.5) is 0 Å². The van der Waals surface area contributed by atoms with E-state index in [0.29, 0.717) is 17.1 Å². The van der Waals surface area contributed by atoms with Crippen molar-refractivity contribution < 1.29 is 9.90 Å². The highest BCUT2D eigenvalue weighted by molar-refractivity contribution is 6.33. The van der Waals surface area contributed by atoms with Crippen LogP contribution in [0.25, 0.3) is 0 Å². The van der Waals surface area contributed by atoms with Crippen LogP contribution >= 0.6 is 11.6 Å². The van der Waals surface area contributed by atoms with Gasteiger partial charge in [0.25, 0.3) is 5.91 Å². The Hall–Kier alpha value is -1.13. The maximum absolute atomic E-state index is 11.6. The number of aliphatic hydroxyl groups is 1. The molecule has 0 fully saturated rings. The summed E-state index contributed by atoms with van der Waals surface area (Å²) >= 11 is 5.85. The van der Waals surface area contributed by atoms with Gasteiger partial charge in [0.05, 0.1) is 10.6 Å². The summed E-state index contributed by atoms with van der Waals surface area (Å²) in [5, 5.41) is 11.7. The van der Waals surface area contributed by atoms with Gasteiger partial charge in [-0.15, -0.1) is 0 Å². The van der Waals surface area contributed by atoms with E-state index in [9.17, 15) is 4.79 Å². The number of pyridine rings is 1. The zero-order valence-corrected chi connectivity index (χ0v) is 9.70. The van der Waals surface area contributed by atoms with Gasteiger partial charge in [-0.25, -0.2) is 0 Å². The second-order valence-electron chi connectivity index (χ2n) is 3.40. The van der Waals surface area contributed by atoms with Crippen molar-refractivity contribution in [3.63, 3.8) is 0 Å². The van der Waals surface area contributed by atoms with E-state index in [2.05, 4.69) is 10.3 Å². The fourth-order valence-corrected chi connectivity index (χ4v) is 1.45. The van der Waals surface area contributed by atoms with Gasteiger partial charge in [-0.1, -0.05) is 11.6 Å². The molecule has 1 aromatic rings. The smallest absolute Gasteiger partial charge is 0.254 e. The van der Waals surface area contributed by atoms with Crippen molar-refractivity contribution in [2.24, 2.45) is 0 Å². The number of aliphatic hydroxyl groups excluding tert-OH is 1. The molecule has 0 aromatic carbocycles. The first kappa shape index (κ1) is 12.9. The minimum atomic E-state index is -0.206. The van der Waals surface area contributed by atoms with Crippen LogP contribution in [0.1, 0.15) is 29.6 Å². The molecule has 0 unspecified atom stereocenters. The zero-order chi connectivity index (χ0) is 11.8. The number of unbranched alkanes of at least 4 members (excludes halogenated alkanes) is 2. The van der Waals surface area contributed by atoms with Crippen molar-refractivity contribution in [3.05, 3.63) is 29.0 Å². The predicted octanol–water partition coefficient (Wildman–Crippen LogP) is 1.63. The van der Waals surface area contributed by atoms with Gasteiger partial charge in [0.15, 0.2) is 0 Å². The largest absolute Gasteiger partial charge is 0.396 e. The summed E-state index contributed by atoms with van der Waals surface area (Å²) in [7, 11) is 0. The van der Waals surface area contributed by atoms with E-state index < -0.39 is 0 Å². The highest BCUT2D eigenvalue weighted by atomic mass is 35.5. The van der Waals surface area contributed by atoms with Crippen LogP contribution in [-0.4, -0.2) is 29.1 Å². The number of nitrogens with zero attached hydrogens (tertiary/aromatic N) is 1. The molecule has 0 spiro atoms. The highest BCUT2D eigenvalue weighted by Gasteiger charge is 2.08. The summed E-state index contributed by atoms with van der Waals surface area (Å²) < 4.78 is 0. The molecule has 0 radical (unpaired) electrons. The van der Waals surface area contributed by atoms with E-state index in [1.807, 2.05) is 0 Å². The molecule has 5 heteroatoms. The Bertz CT molecular complexity index is 345. The average molecular weight is 243 g/mol. The second-order valence-corrected chi connectivity index (χ2v) is 3.80. The minimum absolute atomic E-state index is 0.197. The summed E-state index contributed by atoms with van der Waals surface area (Å²) in [6.07, 6.45) is 5.51. The molecular formula is C11H15ClN2O2. The summed E-state index contributed by atoms with van der Waals surface area (Å²) in [5.74, 6) is -0.206. The number of aromatic nitrogens is 1. The molecule has 0 aliphatic carbocycles. The number of halogens is 1. The zero-order valence-electron chi connectivity index (χ0n) is 8.95. The van der Waals surface area contributed by atoms with Crippen molar-refractivity contribution in [3.8, 4) is 0 Å².